The molecule has 1 aromatic carbocycles. The Morgan fingerprint density at radius 2 is 2.30 bits per heavy atom. The van der Waals surface area contributed by atoms with E-state index in [1.54, 1.807) is 0 Å². The van der Waals surface area contributed by atoms with Gasteiger partial charge in [-0.1, -0.05) is 25.1 Å². The highest BCUT2D eigenvalue weighted by Gasteiger charge is 2.21. The lowest BCUT2D eigenvalue weighted by Gasteiger charge is -2.32. The second-order valence-corrected chi connectivity index (χ2v) is 5.48. The second kappa shape index (κ2) is 5.67. The number of H-pyrrole nitrogens is 1. The van der Waals surface area contributed by atoms with Crippen molar-refractivity contribution in [1.82, 2.24) is 15.2 Å². The van der Waals surface area contributed by atoms with E-state index < -0.39 is 0 Å². The number of rotatable bonds is 3. The average Bonchev–Trinajstić information content (AvgIpc) is 2.91. The zero-order valence-corrected chi connectivity index (χ0v) is 11.9. The average molecular weight is 271 g/mol. The van der Waals surface area contributed by atoms with E-state index in [-0.39, 0.29) is 11.9 Å². The zero-order valence-electron chi connectivity index (χ0n) is 11.9. The number of benzene rings is 1. The molecule has 0 aliphatic carbocycles. The van der Waals surface area contributed by atoms with E-state index in [1.165, 1.54) is 0 Å². The molecule has 1 atom stereocenters. The summed E-state index contributed by atoms with van der Waals surface area (Å²) in [7, 11) is 0. The summed E-state index contributed by atoms with van der Waals surface area (Å²) in [6.07, 6.45) is 2.23. The molecule has 1 unspecified atom stereocenters. The maximum absolute atomic E-state index is 12.3. The van der Waals surface area contributed by atoms with Gasteiger partial charge >= 0.3 is 0 Å². The van der Waals surface area contributed by atoms with E-state index in [1.807, 2.05) is 30.3 Å². The van der Waals surface area contributed by atoms with Crippen LogP contribution in [0.25, 0.3) is 10.9 Å². The molecule has 4 heteroatoms. The number of hydrogen-bond acceptors (Lipinski definition) is 2. The van der Waals surface area contributed by atoms with Crippen LogP contribution in [0.2, 0.25) is 0 Å². The van der Waals surface area contributed by atoms with Gasteiger partial charge in [-0.25, -0.2) is 0 Å². The molecule has 0 saturated carbocycles. The predicted octanol–water partition coefficient (Wildman–Crippen LogP) is 2.38. The van der Waals surface area contributed by atoms with Crippen molar-refractivity contribution in [2.45, 2.75) is 25.8 Å². The molecule has 1 fully saturated rings. The van der Waals surface area contributed by atoms with Gasteiger partial charge in [0.05, 0.1) is 0 Å². The molecule has 1 aliphatic heterocycles. The first-order valence-corrected chi connectivity index (χ1v) is 7.37. The number of carbonyl (C=O) groups is 1. The third kappa shape index (κ3) is 2.70. The number of aromatic nitrogens is 1. The zero-order chi connectivity index (χ0) is 13.9. The van der Waals surface area contributed by atoms with E-state index >= 15 is 0 Å². The Bertz CT molecular complexity index is 572. The highest BCUT2D eigenvalue weighted by molar-refractivity contribution is 5.98. The van der Waals surface area contributed by atoms with Crippen molar-refractivity contribution >= 4 is 16.8 Å². The molecule has 1 aromatic heterocycles. The molecule has 2 N–H and O–H groups in total. The van der Waals surface area contributed by atoms with Crippen molar-refractivity contribution in [3.05, 3.63) is 36.0 Å². The third-order valence-electron chi connectivity index (χ3n) is 4.06. The molecule has 0 spiro atoms. The van der Waals surface area contributed by atoms with Crippen LogP contribution in [0.4, 0.5) is 0 Å². The number of hydrogen-bond donors (Lipinski definition) is 2. The quantitative estimate of drug-likeness (QED) is 0.900. The van der Waals surface area contributed by atoms with E-state index in [9.17, 15) is 4.79 Å². The number of nitrogens with one attached hydrogen (secondary N) is 2. The van der Waals surface area contributed by atoms with Gasteiger partial charge in [0.1, 0.15) is 5.69 Å². The Kier molecular flexibility index (Phi) is 3.74. The maximum atomic E-state index is 12.3. The van der Waals surface area contributed by atoms with Crippen LogP contribution < -0.4 is 5.32 Å². The summed E-state index contributed by atoms with van der Waals surface area (Å²) in [5.41, 5.74) is 1.66. The van der Waals surface area contributed by atoms with E-state index in [0.29, 0.717) is 5.69 Å². The summed E-state index contributed by atoms with van der Waals surface area (Å²) in [6.45, 7) is 5.33. The standard InChI is InChI=1S/C16H21N3O/c1-2-19-9-5-7-13(11-19)17-16(20)15-10-12-6-3-4-8-14(12)18-15/h3-4,6,8,10,13,18H,2,5,7,9,11H2,1H3,(H,17,20). The molecule has 106 valence electrons. The molecular formula is C16H21N3O. The van der Waals surface area contributed by atoms with E-state index in [2.05, 4.69) is 22.1 Å². The fraction of sp³-hybridized carbons (Fsp3) is 0.438. The first kappa shape index (κ1) is 13.2. The van der Waals surface area contributed by atoms with Crippen molar-refractivity contribution in [3.63, 3.8) is 0 Å². The fourth-order valence-corrected chi connectivity index (χ4v) is 2.92. The number of aromatic amines is 1. The van der Waals surface area contributed by atoms with Crippen molar-refractivity contribution in [1.29, 1.82) is 0 Å². The van der Waals surface area contributed by atoms with Crippen LogP contribution in [0.15, 0.2) is 30.3 Å². The summed E-state index contributed by atoms with van der Waals surface area (Å²) >= 11 is 0. The highest BCUT2D eigenvalue weighted by Crippen LogP contribution is 2.15. The SMILES string of the molecule is CCN1CCCC(NC(=O)c2cc3ccccc3[nH]2)C1. The van der Waals surface area contributed by atoms with E-state index in [4.69, 9.17) is 0 Å². The summed E-state index contributed by atoms with van der Waals surface area (Å²) < 4.78 is 0. The number of nitrogens with zero attached hydrogens (tertiary/aromatic N) is 1. The lowest BCUT2D eigenvalue weighted by molar-refractivity contribution is 0.0901. The predicted molar refractivity (Wildman–Crippen MR) is 80.9 cm³/mol. The van der Waals surface area contributed by atoms with Gasteiger partial charge in [-0.2, -0.15) is 0 Å². The maximum Gasteiger partial charge on any atom is 0.267 e. The van der Waals surface area contributed by atoms with E-state index in [0.717, 1.165) is 43.4 Å². The number of likely N-dealkylation sites (N-methyl/N-ethyl adjacent to an activating group) is 1. The molecule has 0 radical (unpaired) electrons. The van der Waals surface area contributed by atoms with Gasteiger partial charge in [0.15, 0.2) is 0 Å². The third-order valence-corrected chi connectivity index (χ3v) is 4.06. The fourth-order valence-electron chi connectivity index (χ4n) is 2.92. The summed E-state index contributed by atoms with van der Waals surface area (Å²) in [5.74, 6) is 0.00385. The summed E-state index contributed by atoms with van der Waals surface area (Å²) in [4.78, 5) is 17.9. The summed E-state index contributed by atoms with van der Waals surface area (Å²) in [6, 6.07) is 10.2. The first-order valence-electron chi connectivity index (χ1n) is 7.37. The molecule has 0 bridgehead atoms. The number of piperidine rings is 1. The van der Waals surface area contributed by atoms with Crippen LogP contribution >= 0.6 is 0 Å². The van der Waals surface area contributed by atoms with Crippen LogP contribution in [-0.4, -0.2) is 41.5 Å². The van der Waals surface area contributed by atoms with Crippen molar-refractivity contribution in [2.75, 3.05) is 19.6 Å². The lowest BCUT2D eigenvalue weighted by atomic mass is 10.1. The Hall–Kier alpha value is -1.81. The minimum atomic E-state index is 0.00385. The molecule has 20 heavy (non-hydrogen) atoms. The number of fused-ring (bicyclic) bond motifs is 1. The van der Waals surface area contributed by atoms with Crippen molar-refractivity contribution in [2.24, 2.45) is 0 Å². The lowest BCUT2D eigenvalue weighted by Crippen LogP contribution is -2.47. The normalized spacial score (nSPS) is 20.1. The minimum Gasteiger partial charge on any atom is -0.351 e. The highest BCUT2D eigenvalue weighted by atomic mass is 16.1. The molecule has 4 nitrogen and oxygen atoms in total. The monoisotopic (exact) mass is 271 g/mol. The van der Waals surface area contributed by atoms with Gasteiger partial charge in [-0.15, -0.1) is 0 Å². The Labute approximate surface area is 119 Å². The van der Waals surface area contributed by atoms with Crippen LogP contribution in [0.1, 0.15) is 30.3 Å². The molecule has 1 aliphatic rings. The van der Waals surface area contributed by atoms with Gasteiger partial charge in [0.2, 0.25) is 0 Å². The molecule has 1 saturated heterocycles. The number of carbonyl (C=O) groups excluding carboxylic acids is 1. The second-order valence-electron chi connectivity index (χ2n) is 5.48. The van der Waals surface area contributed by atoms with Gasteiger partial charge in [0, 0.05) is 23.5 Å². The Morgan fingerprint density at radius 3 is 3.10 bits per heavy atom. The van der Waals surface area contributed by atoms with Crippen LogP contribution in [-0.2, 0) is 0 Å². The smallest absolute Gasteiger partial charge is 0.267 e. The Balaban J connectivity index is 1.69. The minimum absolute atomic E-state index is 0.00385. The molecule has 2 aromatic rings. The molecular weight excluding hydrogens is 250 g/mol. The van der Waals surface area contributed by atoms with Gasteiger partial charge in [0.25, 0.3) is 5.91 Å². The molecule has 2 heterocycles. The van der Waals surface area contributed by atoms with Gasteiger partial charge in [-0.05, 0) is 38.1 Å². The van der Waals surface area contributed by atoms with Crippen molar-refractivity contribution < 1.29 is 4.79 Å². The largest absolute Gasteiger partial charge is 0.351 e. The van der Waals surface area contributed by atoms with Crippen LogP contribution in [0, 0.1) is 0 Å². The number of para-hydroxylation sites is 1. The number of amides is 1. The van der Waals surface area contributed by atoms with Gasteiger partial charge in [-0.3, -0.25) is 4.79 Å². The molecule has 3 rings (SSSR count). The molecule has 1 amide bonds. The van der Waals surface area contributed by atoms with Gasteiger partial charge < -0.3 is 15.2 Å². The Morgan fingerprint density at radius 1 is 1.45 bits per heavy atom. The topological polar surface area (TPSA) is 48.1 Å². The van der Waals surface area contributed by atoms with Crippen LogP contribution in [0.5, 0.6) is 0 Å². The van der Waals surface area contributed by atoms with Crippen molar-refractivity contribution in [3.8, 4) is 0 Å². The number of likely N-dealkylation sites (tertiary alicyclic amines) is 1. The first-order chi connectivity index (χ1) is 9.76. The van der Waals surface area contributed by atoms with Crippen LogP contribution in [0.3, 0.4) is 0 Å². The summed E-state index contributed by atoms with van der Waals surface area (Å²) in [5, 5.41) is 4.23.